The predicted octanol–water partition coefficient (Wildman–Crippen LogP) is 3.67. The van der Waals surface area contributed by atoms with Gasteiger partial charge in [0.2, 0.25) is 0 Å². The number of rotatable bonds is 4. The van der Waals surface area contributed by atoms with Crippen molar-refractivity contribution in [1.29, 1.82) is 0 Å². The maximum atomic E-state index is 3.93. The fourth-order valence-corrected chi connectivity index (χ4v) is 1.50. The van der Waals surface area contributed by atoms with Crippen molar-refractivity contribution in [3.8, 4) is 0 Å². The predicted molar refractivity (Wildman–Crippen MR) is 55.1 cm³/mol. The highest BCUT2D eigenvalue weighted by Gasteiger charge is 1.97. The van der Waals surface area contributed by atoms with Gasteiger partial charge in [0.05, 0.1) is 0 Å². The molecule has 0 aromatic heterocycles. The minimum atomic E-state index is 0.875. The van der Waals surface area contributed by atoms with Crippen LogP contribution in [0, 0.1) is 0 Å². The normalized spacial score (nSPS) is 11.7. The molecule has 58 valence electrons. The van der Waals surface area contributed by atoms with Crippen molar-refractivity contribution in [2.24, 2.45) is 0 Å². The quantitative estimate of drug-likeness (QED) is 0.539. The Balaban J connectivity index is 3.95. The van der Waals surface area contributed by atoms with E-state index in [0.29, 0.717) is 0 Å². The van der Waals surface area contributed by atoms with E-state index in [1.165, 1.54) is 11.1 Å². The summed E-state index contributed by atoms with van der Waals surface area (Å²) in [5.74, 6) is 0. The maximum Gasteiger partial charge on any atom is 0.0279 e. The zero-order valence-electron chi connectivity index (χ0n) is 6.16. The fourth-order valence-electron chi connectivity index (χ4n) is 0.713. The third-order valence-corrected chi connectivity index (χ3v) is 2.40. The molecule has 0 aromatic rings. The first kappa shape index (κ1) is 10.4. The SMILES string of the molecule is C=C(CBr)C(=CC)CCBr. The number of hydrogen-bond acceptors (Lipinski definition) is 0. The van der Waals surface area contributed by atoms with Gasteiger partial charge in [-0.05, 0) is 24.5 Å². The van der Waals surface area contributed by atoms with E-state index < -0.39 is 0 Å². The van der Waals surface area contributed by atoms with E-state index in [1.54, 1.807) is 0 Å². The summed E-state index contributed by atoms with van der Waals surface area (Å²) in [6, 6.07) is 0. The molecule has 2 heteroatoms. The molecule has 0 bridgehead atoms. The second kappa shape index (κ2) is 6.17. The van der Waals surface area contributed by atoms with Crippen LogP contribution in [-0.4, -0.2) is 10.7 Å². The summed E-state index contributed by atoms with van der Waals surface area (Å²) in [4.78, 5) is 0. The van der Waals surface area contributed by atoms with Gasteiger partial charge in [0.1, 0.15) is 0 Å². The lowest BCUT2D eigenvalue weighted by Crippen LogP contribution is -1.89. The Morgan fingerprint density at radius 1 is 1.50 bits per heavy atom. The van der Waals surface area contributed by atoms with E-state index in [-0.39, 0.29) is 0 Å². The van der Waals surface area contributed by atoms with Gasteiger partial charge in [0, 0.05) is 10.7 Å². The Kier molecular flexibility index (Phi) is 6.44. The molecule has 0 unspecified atom stereocenters. The molecule has 0 saturated heterocycles. The third kappa shape index (κ3) is 3.57. The zero-order valence-corrected chi connectivity index (χ0v) is 9.33. The van der Waals surface area contributed by atoms with Gasteiger partial charge in [-0.1, -0.05) is 44.5 Å². The van der Waals surface area contributed by atoms with E-state index in [4.69, 9.17) is 0 Å². The highest BCUT2D eigenvalue weighted by Crippen LogP contribution is 2.15. The number of allylic oxidation sites excluding steroid dienone is 3. The lowest BCUT2D eigenvalue weighted by Gasteiger charge is -2.04. The lowest BCUT2D eigenvalue weighted by atomic mass is 10.1. The van der Waals surface area contributed by atoms with Crippen LogP contribution in [-0.2, 0) is 0 Å². The molecule has 0 fully saturated rings. The molecular weight excluding hydrogens is 256 g/mol. The molecule has 0 radical (unpaired) electrons. The van der Waals surface area contributed by atoms with Gasteiger partial charge in [-0.15, -0.1) is 0 Å². The van der Waals surface area contributed by atoms with Crippen molar-refractivity contribution in [2.75, 3.05) is 10.7 Å². The van der Waals surface area contributed by atoms with Gasteiger partial charge in [-0.25, -0.2) is 0 Å². The van der Waals surface area contributed by atoms with Gasteiger partial charge >= 0.3 is 0 Å². The van der Waals surface area contributed by atoms with Crippen LogP contribution in [0.25, 0.3) is 0 Å². The van der Waals surface area contributed by atoms with Crippen molar-refractivity contribution < 1.29 is 0 Å². The summed E-state index contributed by atoms with van der Waals surface area (Å²) < 4.78 is 0. The molecule has 0 spiro atoms. The summed E-state index contributed by atoms with van der Waals surface area (Å²) in [7, 11) is 0. The Morgan fingerprint density at radius 2 is 2.10 bits per heavy atom. The molecule has 0 saturated carbocycles. The van der Waals surface area contributed by atoms with E-state index >= 15 is 0 Å². The second-order valence-corrected chi connectivity index (χ2v) is 3.34. The summed E-state index contributed by atoms with van der Waals surface area (Å²) in [5, 5.41) is 1.89. The molecule has 10 heavy (non-hydrogen) atoms. The smallest absolute Gasteiger partial charge is 0.0279 e. The average Bonchev–Trinajstić information content (AvgIpc) is 1.99. The van der Waals surface area contributed by atoms with Crippen LogP contribution in [0.4, 0.5) is 0 Å². The number of alkyl halides is 2. The summed E-state index contributed by atoms with van der Waals surface area (Å²) in [5.41, 5.74) is 2.52. The largest absolute Gasteiger partial charge is 0.0947 e. The van der Waals surface area contributed by atoms with E-state index in [2.05, 4.69) is 44.5 Å². The van der Waals surface area contributed by atoms with E-state index in [0.717, 1.165) is 17.1 Å². The van der Waals surface area contributed by atoms with Crippen LogP contribution in [0.1, 0.15) is 13.3 Å². The highest BCUT2D eigenvalue weighted by molar-refractivity contribution is 9.09. The van der Waals surface area contributed by atoms with Crippen LogP contribution >= 0.6 is 31.9 Å². The Hall–Kier alpha value is 0.440. The summed E-state index contributed by atoms with van der Waals surface area (Å²) in [6.07, 6.45) is 3.19. The molecular formula is C8H12Br2. The Morgan fingerprint density at radius 3 is 2.40 bits per heavy atom. The van der Waals surface area contributed by atoms with Crippen molar-refractivity contribution >= 4 is 31.9 Å². The lowest BCUT2D eigenvalue weighted by molar-refractivity contribution is 1.13. The maximum absolute atomic E-state index is 3.93. The minimum Gasteiger partial charge on any atom is -0.0947 e. The number of halogens is 2. The molecule has 0 aromatic carbocycles. The highest BCUT2D eigenvalue weighted by atomic mass is 79.9. The van der Waals surface area contributed by atoms with Gasteiger partial charge < -0.3 is 0 Å². The first-order valence-electron chi connectivity index (χ1n) is 3.21. The molecule has 0 aliphatic rings. The summed E-state index contributed by atoms with van der Waals surface area (Å²) in [6.45, 7) is 5.97. The van der Waals surface area contributed by atoms with Crippen LogP contribution in [0.15, 0.2) is 23.8 Å². The monoisotopic (exact) mass is 266 g/mol. The van der Waals surface area contributed by atoms with Gasteiger partial charge in [0.15, 0.2) is 0 Å². The Bertz CT molecular complexity index is 136. The molecule has 0 N–H and O–H groups in total. The van der Waals surface area contributed by atoms with Gasteiger partial charge in [-0.2, -0.15) is 0 Å². The van der Waals surface area contributed by atoms with Crippen LogP contribution in [0.3, 0.4) is 0 Å². The molecule has 0 aliphatic heterocycles. The molecule has 0 aliphatic carbocycles. The van der Waals surface area contributed by atoms with Crippen LogP contribution < -0.4 is 0 Å². The molecule has 0 rings (SSSR count). The van der Waals surface area contributed by atoms with Crippen molar-refractivity contribution in [1.82, 2.24) is 0 Å². The molecule has 0 heterocycles. The standard InChI is InChI=1S/C8H12Br2/c1-3-8(4-5-9)7(2)6-10/h3H,2,4-6H2,1H3. The van der Waals surface area contributed by atoms with Crippen molar-refractivity contribution in [2.45, 2.75) is 13.3 Å². The topological polar surface area (TPSA) is 0 Å². The zero-order chi connectivity index (χ0) is 7.98. The van der Waals surface area contributed by atoms with Crippen LogP contribution in [0.5, 0.6) is 0 Å². The van der Waals surface area contributed by atoms with Gasteiger partial charge in [-0.3, -0.25) is 0 Å². The molecule has 0 atom stereocenters. The van der Waals surface area contributed by atoms with Crippen molar-refractivity contribution in [3.05, 3.63) is 23.8 Å². The third-order valence-electron chi connectivity index (χ3n) is 1.33. The summed E-state index contributed by atoms with van der Waals surface area (Å²) >= 11 is 6.76. The van der Waals surface area contributed by atoms with Crippen molar-refractivity contribution in [3.63, 3.8) is 0 Å². The van der Waals surface area contributed by atoms with E-state index in [9.17, 15) is 0 Å². The number of hydrogen-bond donors (Lipinski definition) is 0. The first-order chi connectivity index (χ1) is 4.76. The van der Waals surface area contributed by atoms with Gasteiger partial charge in [0.25, 0.3) is 0 Å². The van der Waals surface area contributed by atoms with Crippen LogP contribution in [0.2, 0.25) is 0 Å². The first-order valence-corrected chi connectivity index (χ1v) is 5.45. The second-order valence-electron chi connectivity index (χ2n) is 1.99. The van der Waals surface area contributed by atoms with E-state index in [1.807, 2.05) is 6.92 Å². The fraction of sp³-hybridized carbons (Fsp3) is 0.500. The average molecular weight is 268 g/mol. The Labute approximate surface area is 79.6 Å². The minimum absolute atomic E-state index is 0.875. The molecule has 0 amide bonds. The molecule has 0 nitrogen and oxygen atoms in total.